The van der Waals surface area contributed by atoms with Crippen LogP contribution < -0.4 is 26.2 Å². The molecular formula is C51H51BN2. The van der Waals surface area contributed by atoms with Gasteiger partial charge in [-0.2, -0.15) is 0 Å². The first-order valence-corrected chi connectivity index (χ1v) is 20.0. The maximum absolute atomic E-state index is 2.81. The van der Waals surface area contributed by atoms with Crippen molar-refractivity contribution in [1.29, 1.82) is 0 Å². The van der Waals surface area contributed by atoms with E-state index in [1.807, 2.05) is 0 Å². The Morgan fingerprint density at radius 3 is 2.02 bits per heavy atom. The molecule has 2 nitrogen and oxygen atoms in total. The molecule has 3 heterocycles. The fraction of sp³-hybridized carbons (Fsp3) is 0.294. The molecule has 0 amide bonds. The van der Waals surface area contributed by atoms with Gasteiger partial charge in [-0.05, 0) is 123 Å². The Morgan fingerprint density at radius 1 is 0.593 bits per heavy atom. The lowest BCUT2D eigenvalue weighted by Gasteiger charge is -2.53. The zero-order chi connectivity index (χ0) is 37.5. The van der Waals surface area contributed by atoms with Crippen molar-refractivity contribution in [2.24, 2.45) is 0 Å². The van der Waals surface area contributed by atoms with E-state index in [1.165, 1.54) is 89.3 Å². The summed E-state index contributed by atoms with van der Waals surface area (Å²) in [5.41, 5.74) is 21.6. The molecular weight excluding hydrogens is 651 g/mol. The molecule has 1 aliphatic carbocycles. The van der Waals surface area contributed by atoms with Crippen LogP contribution in [0.2, 0.25) is 0 Å². The molecule has 0 bridgehead atoms. The number of hydrogen-bond donors (Lipinski definition) is 0. The predicted molar refractivity (Wildman–Crippen MR) is 231 cm³/mol. The normalized spacial score (nSPS) is 20.6. The van der Waals surface area contributed by atoms with Gasteiger partial charge in [0.15, 0.2) is 0 Å². The Morgan fingerprint density at radius 2 is 1.26 bits per heavy atom. The summed E-state index contributed by atoms with van der Waals surface area (Å²) in [6.07, 6.45) is 2.23. The number of anilines is 5. The molecule has 10 rings (SSSR count). The molecule has 0 aromatic heterocycles. The van der Waals surface area contributed by atoms with Crippen LogP contribution in [0.4, 0.5) is 28.4 Å². The molecule has 0 radical (unpaired) electrons. The van der Waals surface area contributed by atoms with Crippen molar-refractivity contribution in [1.82, 2.24) is 0 Å². The quantitative estimate of drug-likeness (QED) is 0.166. The lowest BCUT2D eigenvalue weighted by molar-refractivity contribution is 0.245. The lowest BCUT2D eigenvalue weighted by Crippen LogP contribution is -2.64. The van der Waals surface area contributed by atoms with Gasteiger partial charge in [-0.1, -0.05) is 139 Å². The van der Waals surface area contributed by atoms with Crippen LogP contribution in [0, 0.1) is 6.92 Å². The van der Waals surface area contributed by atoms with E-state index in [9.17, 15) is 0 Å². The largest absolute Gasteiger partial charge is 0.331 e. The summed E-state index contributed by atoms with van der Waals surface area (Å²) >= 11 is 0. The highest BCUT2D eigenvalue weighted by Gasteiger charge is 2.63. The van der Waals surface area contributed by atoms with E-state index >= 15 is 0 Å². The van der Waals surface area contributed by atoms with Crippen molar-refractivity contribution in [2.45, 2.75) is 96.9 Å². The van der Waals surface area contributed by atoms with Crippen LogP contribution in [0.1, 0.15) is 95.2 Å². The molecule has 4 aliphatic rings. The molecule has 268 valence electrons. The Bertz CT molecular complexity index is 2530. The van der Waals surface area contributed by atoms with Gasteiger partial charge in [-0.15, -0.1) is 0 Å². The van der Waals surface area contributed by atoms with E-state index in [1.54, 1.807) is 0 Å². The van der Waals surface area contributed by atoms with Gasteiger partial charge in [0.1, 0.15) is 0 Å². The van der Waals surface area contributed by atoms with Gasteiger partial charge in [-0.3, -0.25) is 0 Å². The molecule has 0 N–H and O–H groups in total. The van der Waals surface area contributed by atoms with Gasteiger partial charge in [0.25, 0.3) is 6.71 Å². The molecule has 2 atom stereocenters. The van der Waals surface area contributed by atoms with E-state index in [2.05, 4.69) is 193 Å². The lowest BCUT2D eigenvalue weighted by atomic mass is 9.33. The summed E-state index contributed by atoms with van der Waals surface area (Å²) < 4.78 is 0. The van der Waals surface area contributed by atoms with Crippen LogP contribution in [0.25, 0.3) is 11.1 Å². The van der Waals surface area contributed by atoms with Crippen molar-refractivity contribution in [3.8, 4) is 11.1 Å². The van der Waals surface area contributed by atoms with E-state index in [-0.39, 0.29) is 28.5 Å². The maximum atomic E-state index is 2.81. The Hall–Kier alpha value is -5.02. The topological polar surface area (TPSA) is 6.48 Å². The van der Waals surface area contributed by atoms with Gasteiger partial charge >= 0.3 is 0 Å². The molecule has 0 saturated carbocycles. The summed E-state index contributed by atoms with van der Waals surface area (Å²) in [7, 11) is 0. The SMILES string of the molecule is Cc1cc2c3c(c1)N1c4c(cccc4C4(C)CCc5ccccc5C14C)B3c1ccc(C(C)(C)C)cc1N2c1ccc(C(C)(C)C)cc1-c1ccccc1. The van der Waals surface area contributed by atoms with Crippen molar-refractivity contribution in [3.05, 3.63) is 155 Å². The zero-order valence-corrected chi connectivity index (χ0v) is 33.4. The number of fused-ring (bicyclic) bond motifs is 9. The number of aryl methyl sites for hydroxylation is 2. The van der Waals surface area contributed by atoms with E-state index in [4.69, 9.17) is 0 Å². The average molecular weight is 703 g/mol. The van der Waals surface area contributed by atoms with Crippen LogP contribution in [0.15, 0.2) is 121 Å². The van der Waals surface area contributed by atoms with Crippen LogP contribution in [0.5, 0.6) is 0 Å². The van der Waals surface area contributed by atoms with Crippen LogP contribution in [0.3, 0.4) is 0 Å². The molecule has 3 aliphatic heterocycles. The van der Waals surface area contributed by atoms with Gasteiger partial charge in [-0.25, -0.2) is 0 Å². The summed E-state index contributed by atoms with van der Waals surface area (Å²) in [5, 5.41) is 0. The Kier molecular flexibility index (Phi) is 6.85. The van der Waals surface area contributed by atoms with E-state index in [0.29, 0.717) is 0 Å². The maximum Gasteiger partial charge on any atom is 0.252 e. The fourth-order valence-corrected chi connectivity index (χ4v) is 10.8. The third-order valence-corrected chi connectivity index (χ3v) is 13.8. The molecule has 6 aromatic carbocycles. The van der Waals surface area contributed by atoms with Crippen LogP contribution in [-0.2, 0) is 28.2 Å². The molecule has 3 heteroatoms. The third kappa shape index (κ3) is 4.36. The Balaban J connectivity index is 1.33. The van der Waals surface area contributed by atoms with E-state index in [0.717, 1.165) is 12.8 Å². The van der Waals surface area contributed by atoms with Crippen molar-refractivity contribution < 1.29 is 0 Å². The second-order valence-electron chi connectivity index (χ2n) is 19.0. The minimum Gasteiger partial charge on any atom is -0.331 e. The molecule has 0 fully saturated rings. The summed E-state index contributed by atoms with van der Waals surface area (Å²) in [5.74, 6) is 0. The van der Waals surface area contributed by atoms with Gasteiger partial charge < -0.3 is 9.80 Å². The van der Waals surface area contributed by atoms with Crippen molar-refractivity contribution in [3.63, 3.8) is 0 Å². The predicted octanol–water partition coefficient (Wildman–Crippen LogP) is 11.1. The fourth-order valence-electron chi connectivity index (χ4n) is 10.8. The van der Waals surface area contributed by atoms with Crippen LogP contribution >= 0.6 is 0 Å². The van der Waals surface area contributed by atoms with E-state index < -0.39 is 0 Å². The second kappa shape index (κ2) is 11.0. The monoisotopic (exact) mass is 702 g/mol. The number of rotatable bonds is 2. The third-order valence-electron chi connectivity index (χ3n) is 13.8. The average Bonchev–Trinajstić information content (AvgIpc) is 3.37. The highest BCUT2D eigenvalue weighted by atomic mass is 15.3. The highest BCUT2D eigenvalue weighted by molar-refractivity contribution is 7.00. The number of para-hydroxylation sites is 1. The first kappa shape index (κ1) is 33.5. The molecule has 0 saturated heterocycles. The molecule has 2 unspecified atom stereocenters. The minimum atomic E-state index is -0.239. The van der Waals surface area contributed by atoms with Gasteiger partial charge in [0, 0.05) is 33.7 Å². The number of hydrogen-bond acceptors (Lipinski definition) is 2. The molecule has 6 aromatic rings. The van der Waals surface area contributed by atoms with Crippen molar-refractivity contribution in [2.75, 3.05) is 9.80 Å². The smallest absolute Gasteiger partial charge is 0.252 e. The highest BCUT2D eigenvalue weighted by Crippen LogP contribution is 2.64. The molecule has 0 spiro atoms. The van der Waals surface area contributed by atoms with Crippen molar-refractivity contribution >= 4 is 51.5 Å². The standard InChI is InChI=1S/C51H51BN2/c1-32-28-44-46-45(29-32)54-47-39(50(8)27-26-34-18-13-14-19-38(34)51(50,54)9)20-15-21-41(47)52(46)40-24-22-36(49(5,6)7)31-43(40)53(44)42-25-23-35(48(2,3)4)30-37(42)33-16-11-10-12-17-33/h10-25,28-31H,26-27H2,1-9H3. The minimum absolute atomic E-state index is 0.000716. The second-order valence-corrected chi connectivity index (χ2v) is 19.0. The van der Waals surface area contributed by atoms with Gasteiger partial charge in [0.05, 0.1) is 11.2 Å². The van der Waals surface area contributed by atoms with Crippen LogP contribution in [-0.4, -0.2) is 6.71 Å². The Labute approximate surface area is 323 Å². The van der Waals surface area contributed by atoms with Gasteiger partial charge in [0.2, 0.25) is 0 Å². The summed E-state index contributed by atoms with van der Waals surface area (Å²) in [6, 6.07) is 47.2. The first-order chi connectivity index (χ1) is 25.7. The summed E-state index contributed by atoms with van der Waals surface area (Å²) in [6.45, 7) is 21.5. The first-order valence-electron chi connectivity index (χ1n) is 20.0. The zero-order valence-electron chi connectivity index (χ0n) is 33.4. The summed E-state index contributed by atoms with van der Waals surface area (Å²) in [4.78, 5) is 5.45. The number of benzene rings is 6. The molecule has 54 heavy (non-hydrogen) atoms. The number of nitrogens with zero attached hydrogens (tertiary/aromatic N) is 2.